The van der Waals surface area contributed by atoms with Crippen LogP contribution in [0.3, 0.4) is 0 Å². The highest BCUT2D eigenvalue weighted by Crippen LogP contribution is 2.12. The van der Waals surface area contributed by atoms with Crippen molar-refractivity contribution in [3.05, 3.63) is 34.9 Å². The number of hydrogen-bond acceptors (Lipinski definition) is 3. The number of hydrogen-bond donors (Lipinski definition) is 0. The number of methoxy groups -OCH3 is 2. The maximum absolute atomic E-state index is 11.7. The van der Waals surface area contributed by atoms with Crippen LogP contribution in [0.1, 0.15) is 66.2 Å². The highest BCUT2D eigenvalue weighted by Gasteiger charge is 2.14. The van der Waals surface area contributed by atoms with Gasteiger partial charge in [-0.3, -0.25) is 4.79 Å². The third-order valence-electron chi connectivity index (χ3n) is 3.70. The number of ether oxygens (including phenoxy) is 2. The minimum atomic E-state index is -0.727. The van der Waals surface area contributed by atoms with Crippen LogP contribution < -0.4 is 0 Å². The van der Waals surface area contributed by atoms with Crippen molar-refractivity contribution in [3.63, 3.8) is 0 Å². The van der Waals surface area contributed by atoms with Gasteiger partial charge in [-0.2, -0.15) is 0 Å². The summed E-state index contributed by atoms with van der Waals surface area (Å²) in [6, 6.07) is 0. The summed E-state index contributed by atoms with van der Waals surface area (Å²) in [6.07, 6.45) is 11.6. The molecule has 23 heavy (non-hydrogen) atoms. The van der Waals surface area contributed by atoms with E-state index in [1.807, 2.05) is 0 Å². The summed E-state index contributed by atoms with van der Waals surface area (Å²) in [5.74, 6) is -0.00550. The van der Waals surface area contributed by atoms with Crippen molar-refractivity contribution in [2.75, 3.05) is 14.2 Å². The van der Waals surface area contributed by atoms with Crippen LogP contribution in [0.4, 0.5) is 0 Å². The Morgan fingerprint density at radius 1 is 0.783 bits per heavy atom. The number of allylic oxidation sites excluding steroid dienone is 6. The van der Waals surface area contributed by atoms with Gasteiger partial charge in [0.2, 0.25) is 6.29 Å². The molecule has 0 bridgehead atoms. The van der Waals surface area contributed by atoms with Gasteiger partial charge in [0, 0.05) is 20.6 Å². The molecule has 0 aliphatic carbocycles. The number of carbonyl (C=O) groups is 1. The third kappa shape index (κ3) is 12.0. The molecule has 0 aromatic rings. The highest BCUT2D eigenvalue weighted by atomic mass is 16.7. The molecular formula is C20H34O3. The summed E-state index contributed by atoms with van der Waals surface area (Å²) in [4.78, 5) is 11.7. The van der Waals surface area contributed by atoms with E-state index in [1.165, 1.54) is 30.9 Å². The van der Waals surface area contributed by atoms with E-state index < -0.39 is 6.29 Å². The predicted octanol–water partition coefficient (Wildman–Crippen LogP) is 5.37. The minimum absolute atomic E-state index is 0.00550. The van der Waals surface area contributed by atoms with Gasteiger partial charge in [-0.1, -0.05) is 34.9 Å². The Hall–Kier alpha value is -1.19. The molecule has 0 saturated carbocycles. The summed E-state index contributed by atoms with van der Waals surface area (Å²) < 4.78 is 9.91. The van der Waals surface area contributed by atoms with Gasteiger partial charge in [0.1, 0.15) is 0 Å². The summed E-state index contributed by atoms with van der Waals surface area (Å²) in [7, 11) is 2.97. The van der Waals surface area contributed by atoms with Crippen molar-refractivity contribution in [1.82, 2.24) is 0 Å². The topological polar surface area (TPSA) is 35.5 Å². The van der Waals surface area contributed by atoms with E-state index in [1.54, 1.807) is 0 Å². The summed E-state index contributed by atoms with van der Waals surface area (Å²) in [5, 5.41) is 0. The maximum atomic E-state index is 11.7. The Morgan fingerprint density at radius 3 is 1.65 bits per heavy atom. The lowest BCUT2D eigenvalue weighted by atomic mass is 10.1. The first-order valence-electron chi connectivity index (χ1n) is 8.43. The Bertz CT molecular complexity index is 422. The van der Waals surface area contributed by atoms with Crippen molar-refractivity contribution >= 4 is 5.78 Å². The fourth-order valence-electron chi connectivity index (χ4n) is 2.28. The lowest BCUT2D eigenvalue weighted by molar-refractivity contribution is -0.156. The molecule has 0 N–H and O–H groups in total. The quantitative estimate of drug-likeness (QED) is 0.358. The summed E-state index contributed by atoms with van der Waals surface area (Å²) in [5.41, 5.74) is 4.17. The Balaban J connectivity index is 4.02. The molecule has 0 saturated heterocycles. The molecule has 0 rings (SSSR count). The normalized spacial score (nSPS) is 12.7. The van der Waals surface area contributed by atoms with Crippen molar-refractivity contribution in [1.29, 1.82) is 0 Å². The van der Waals surface area contributed by atoms with E-state index >= 15 is 0 Å². The highest BCUT2D eigenvalue weighted by molar-refractivity contribution is 5.81. The lowest BCUT2D eigenvalue weighted by Gasteiger charge is -2.10. The molecule has 0 unspecified atom stereocenters. The minimum Gasteiger partial charge on any atom is -0.349 e. The van der Waals surface area contributed by atoms with Gasteiger partial charge in [-0.05, 0) is 59.8 Å². The van der Waals surface area contributed by atoms with Crippen LogP contribution in [0.25, 0.3) is 0 Å². The van der Waals surface area contributed by atoms with Crippen LogP contribution in [0, 0.1) is 0 Å². The molecular weight excluding hydrogens is 288 g/mol. The van der Waals surface area contributed by atoms with E-state index in [4.69, 9.17) is 9.47 Å². The predicted molar refractivity (Wildman–Crippen MR) is 97.5 cm³/mol. The largest absolute Gasteiger partial charge is 0.349 e. The average molecular weight is 322 g/mol. The molecule has 0 heterocycles. The standard InChI is InChI=1S/C20H34O3/c1-16(2)10-7-11-17(3)12-8-13-18(4)14-9-15-19(21)20(22-5)23-6/h10,12,14,20H,7-9,11,13,15H2,1-6H3. The molecule has 3 nitrogen and oxygen atoms in total. The van der Waals surface area contributed by atoms with Gasteiger partial charge in [0.15, 0.2) is 5.78 Å². The van der Waals surface area contributed by atoms with Crippen molar-refractivity contribution in [3.8, 4) is 0 Å². The van der Waals surface area contributed by atoms with Crippen molar-refractivity contribution in [2.45, 2.75) is 72.5 Å². The first kappa shape index (κ1) is 21.8. The maximum Gasteiger partial charge on any atom is 0.217 e. The first-order valence-corrected chi connectivity index (χ1v) is 8.43. The van der Waals surface area contributed by atoms with Crippen molar-refractivity contribution in [2.24, 2.45) is 0 Å². The molecule has 0 aliphatic rings. The molecule has 0 aromatic carbocycles. The smallest absolute Gasteiger partial charge is 0.217 e. The summed E-state index contributed by atoms with van der Waals surface area (Å²) >= 11 is 0. The zero-order valence-electron chi connectivity index (χ0n) is 15.8. The number of Topliss-reactive ketones (excluding diaryl/α,β-unsaturated/α-hetero) is 1. The van der Waals surface area contributed by atoms with E-state index in [-0.39, 0.29) is 5.78 Å². The zero-order valence-corrected chi connectivity index (χ0v) is 15.8. The van der Waals surface area contributed by atoms with Gasteiger partial charge < -0.3 is 9.47 Å². The fraction of sp³-hybridized carbons (Fsp3) is 0.650. The van der Waals surface area contributed by atoms with Gasteiger partial charge in [0.05, 0.1) is 0 Å². The van der Waals surface area contributed by atoms with Crippen LogP contribution in [0.2, 0.25) is 0 Å². The second-order valence-corrected chi connectivity index (χ2v) is 6.27. The SMILES string of the molecule is COC(OC)C(=O)CCC=C(C)CCC=C(C)CCC=C(C)C. The molecule has 0 spiro atoms. The van der Waals surface area contributed by atoms with Crippen molar-refractivity contribution < 1.29 is 14.3 Å². The van der Waals surface area contributed by atoms with Crippen LogP contribution in [-0.2, 0) is 14.3 Å². The van der Waals surface area contributed by atoms with Gasteiger partial charge in [-0.15, -0.1) is 0 Å². The second kappa shape index (κ2) is 13.3. The molecule has 3 heteroatoms. The molecule has 0 aliphatic heterocycles. The Morgan fingerprint density at radius 2 is 1.22 bits per heavy atom. The van der Waals surface area contributed by atoms with E-state index in [9.17, 15) is 4.79 Å². The first-order chi connectivity index (χ1) is 10.9. The molecule has 132 valence electrons. The molecule has 0 radical (unpaired) electrons. The van der Waals surface area contributed by atoms with E-state index in [2.05, 4.69) is 45.9 Å². The zero-order chi connectivity index (χ0) is 17.7. The number of rotatable bonds is 12. The van der Waals surface area contributed by atoms with Crippen LogP contribution in [0.5, 0.6) is 0 Å². The third-order valence-corrected chi connectivity index (χ3v) is 3.70. The fourth-order valence-corrected chi connectivity index (χ4v) is 2.28. The number of ketones is 1. The van der Waals surface area contributed by atoms with Gasteiger partial charge in [-0.25, -0.2) is 0 Å². The Labute approximate surface area is 142 Å². The molecule has 0 amide bonds. The van der Waals surface area contributed by atoms with Gasteiger partial charge in [0.25, 0.3) is 0 Å². The van der Waals surface area contributed by atoms with Crippen LogP contribution in [-0.4, -0.2) is 26.3 Å². The molecule has 0 fully saturated rings. The lowest BCUT2D eigenvalue weighted by Crippen LogP contribution is -2.24. The van der Waals surface area contributed by atoms with Gasteiger partial charge >= 0.3 is 0 Å². The second-order valence-electron chi connectivity index (χ2n) is 6.27. The molecule has 0 aromatic heterocycles. The monoisotopic (exact) mass is 322 g/mol. The Kier molecular flexibility index (Phi) is 12.6. The molecule has 0 atom stereocenters. The van der Waals surface area contributed by atoms with Crippen LogP contribution in [0.15, 0.2) is 34.9 Å². The summed E-state index contributed by atoms with van der Waals surface area (Å²) in [6.45, 7) is 8.60. The van der Waals surface area contributed by atoms with E-state index in [0.717, 1.165) is 32.1 Å². The number of carbonyl (C=O) groups excluding carboxylic acids is 1. The van der Waals surface area contributed by atoms with Crippen LogP contribution >= 0.6 is 0 Å². The average Bonchev–Trinajstić information content (AvgIpc) is 2.48. The van der Waals surface area contributed by atoms with E-state index in [0.29, 0.717) is 6.42 Å².